The number of nitrogens with one attached hydrogen (secondary N) is 2. The van der Waals surface area contributed by atoms with Crippen LogP contribution in [0.2, 0.25) is 0 Å². The van der Waals surface area contributed by atoms with Crippen molar-refractivity contribution >= 4 is 17.7 Å². The summed E-state index contributed by atoms with van der Waals surface area (Å²) >= 11 is 0. The Morgan fingerprint density at radius 1 is 1.28 bits per heavy atom. The van der Waals surface area contributed by atoms with Gasteiger partial charge in [0.05, 0.1) is 12.2 Å². The van der Waals surface area contributed by atoms with Gasteiger partial charge in [0.25, 0.3) is 6.43 Å². The molecule has 1 atom stereocenters. The van der Waals surface area contributed by atoms with Crippen LogP contribution in [0.1, 0.15) is 35.5 Å². The zero-order valence-corrected chi connectivity index (χ0v) is 18.7. The summed E-state index contributed by atoms with van der Waals surface area (Å²) in [6, 6.07) is 5.64. The molecule has 36 heavy (non-hydrogen) atoms. The number of anilines is 1. The molecule has 0 fully saturated rings. The number of hydrogen-bond donors (Lipinski definition) is 3. The van der Waals surface area contributed by atoms with Crippen molar-refractivity contribution in [3.05, 3.63) is 70.4 Å². The summed E-state index contributed by atoms with van der Waals surface area (Å²) in [6.07, 6.45) is -6.68. The maximum atomic E-state index is 14.2. The third kappa shape index (κ3) is 4.99. The highest BCUT2D eigenvalue weighted by molar-refractivity contribution is 5.89. The van der Waals surface area contributed by atoms with Crippen LogP contribution in [0.5, 0.6) is 5.75 Å². The Hall–Kier alpha value is -4.03. The Balaban J connectivity index is 2.03. The first-order valence-electron chi connectivity index (χ1n) is 10.6. The lowest BCUT2D eigenvalue weighted by atomic mass is 10.0. The lowest BCUT2D eigenvalue weighted by Crippen LogP contribution is -2.23. The molecule has 0 saturated heterocycles. The molecule has 7 nitrogen and oxygen atoms in total. The molecule has 4 rings (SSSR count). The Morgan fingerprint density at radius 2 is 2.03 bits per heavy atom. The van der Waals surface area contributed by atoms with Crippen LogP contribution in [-0.2, 0) is 12.6 Å². The highest BCUT2D eigenvalue weighted by Gasteiger charge is 2.36. The van der Waals surface area contributed by atoms with Gasteiger partial charge in [-0.05, 0) is 42.8 Å². The third-order valence-corrected chi connectivity index (χ3v) is 5.50. The molecule has 1 aliphatic heterocycles. The summed E-state index contributed by atoms with van der Waals surface area (Å²) in [4.78, 5) is 4.04. The summed E-state index contributed by atoms with van der Waals surface area (Å²) in [5.41, 5.74) is 5.31. The van der Waals surface area contributed by atoms with Crippen LogP contribution >= 0.6 is 0 Å². The van der Waals surface area contributed by atoms with E-state index in [1.54, 1.807) is 6.92 Å². The first kappa shape index (κ1) is 25.1. The van der Waals surface area contributed by atoms with Gasteiger partial charge in [-0.25, -0.2) is 22.8 Å². The number of benzene rings is 1. The molecule has 2 bridgehead atoms. The molecule has 0 aliphatic carbocycles. The van der Waals surface area contributed by atoms with Crippen LogP contribution < -0.4 is 15.8 Å². The Bertz CT molecular complexity index is 1330. The van der Waals surface area contributed by atoms with Gasteiger partial charge >= 0.3 is 6.18 Å². The average Bonchev–Trinajstić information content (AvgIpc) is 3.23. The van der Waals surface area contributed by atoms with Gasteiger partial charge in [-0.1, -0.05) is 0 Å². The Labute approximate surface area is 201 Å². The number of nitrogen functional groups attached to an aromatic ring is 1. The molecule has 1 aliphatic rings. The Kier molecular flexibility index (Phi) is 6.65. The summed E-state index contributed by atoms with van der Waals surface area (Å²) in [6.45, 7) is 0.748. The highest BCUT2D eigenvalue weighted by atomic mass is 19.4. The highest BCUT2D eigenvalue weighted by Crippen LogP contribution is 2.36. The van der Waals surface area contributed by atoms with Crippen LogP contribution in [0.3, 0.4) is 0 Å². The monoisotopic (exact) mass is 510 g/mol. The quantitative estimate of drug-likeness (QED) is 0.342. The van der Waals surface area contributed by atoms with Crippen molar-refractivity contribution < 1.29 is 31.1 Å². The number of pyridine rings is 1. The van der Waals surface area contributed by atoms with E-state index in [1.807, 2.05) is 0 Å². The van der Waals surface area contributed by atoms with Gasteiger partial charge in [-0.15, -0.1) is 0 Å². The van der Waals surface area contributed by atoms with Crippen molar-refractivity contribution in [1.82, 2.24) is 20.1 Å². The molecule has 190 valence electrons. The van der Waals surface area contributed by atoms with E-state index in [0.717, 1.165) is 29.1 Å². The van der Waals surface area contributed by atoms with E-state index in [0.29, 0.717) is 0 Å². The van der Waals surface area contributed by atoms with Crippen LogP contribution in [0.15, 0.2) is 42.1 Å². The summed E-state index contributed by atoms with van der Waals surface area (Å²) in [5.74, 6) is -0.669. The number of nitrogens with two attached hydrogens (primary N) is 1. The van der Waals surface area contributed by atoms with Gasteiger partial charge in [-0.2, -0.15) is 18.3 Å². The fourth-order valence-electron chi connectivity index (χ4n) is 3.86. The molecule has 0 unspecified atom stereocenters. The van der Waals surface area contributed by atoms with E-state index in [1.165, 1.54) is 18.3 Å². The lowest BCUT2D eigenvalue weighted by Gasteiger charge is -2.23. The van der Waals surface area contributed by atoms with Crippen molar-refractivity contribution in [2.24, 2.45) is 0 Å². The van der Waals surface area contributed by atoms with Gasteiger partial charge in [0.1, 0.15) is 11.9 Å². The number of aromatic nitrogens is 3. The van der Waals surface area contributed by atoms with Gasteiger partial charge in [0.15, 0.2) is 17.3 Å². The normalized spacial score (nSPS) is 17.9. The molecule has 0 saturated carbocycles. The fourth-order valence-corrected chi connectivity index (χ4v) is 3.86. The maximum Gasteiger partial charge on any atom is 0.435 e. The third-order valence-electron chi connectivity index (χ3n) is 5.50. The molecule has 0 amide bonds. The van der Waals surface area contributed by atoms with E-state index < -0.39 is 36.8 Å². The number of alkyl halides is 5. The number of rotatable bonds is 4. The molecule has 3 heterocycles. The van der Waals surface area contributed by atoms with Crippen molar-refractivity contribution in [3.8, 4) is 11.4 Å². The van der Waals surface area contributed by atoms with Gasteiger partial charge in [-0.3, -0.25) is 0 Å². The van der Waals surface area contributed by atoms with Gasteiger partial charge < -0.3 is 21.2 Å². The number of ether oxygens (including phenoxy) is 1. The summed E-state index contributed by atoms with van der Waals surface area (Å²) < 4.78 is 88.0. The molecule has 1 aromatic carbocycles. The van der Waals surface area contributed by atoms with E-state index >= 15 is 0 Å². The lowest BCUT2D eigenvalue weighted by molar-refractivity contribution is -0.141. The van der Waals surface area contributed by atoms with Gasteiger partial charge in [0.2, 0.25) is 0 Å². The standard InChI is InChI=1S/C23H20F6N6O/c1-11-16-6-14(24)2-3-17(16)35-15(7-19(34-35)23(27,28)29)4-12(8-30)21(32-10-20(25)26)13-5-18(36-11)22(31)33-9-13/h2-3,5-9,11,20,30,32H,4,10H2,1H3,(H2,31,33)/b21-12-,30-8?/t11-/m1/s1. The minimum absolute atomic E-state index is 0.0126. The zero-order chi connectivity index (χ0) is 26.2. The summed E-state index contributed by atoms with van der Waals surface area (Å²) in [7, 11) is 0. The second-order valence-electron chi connectivity index (χ2n) is 7.99. The van der Waals surface area contributed by atoms with E-state index in [9.17, 15) is 26.3 Å². The first-order valence-corrected chi connectivity index (χ1v) is 10.6. The number of fused-ring (bicyclic) bond motifs is 5. The molecule has 0 radical (unpaired) electrons. The second kappa shape index (κ2) is 9.55. The van der Waals surface area contributed by atoms with Crippen molar-refractivity contribution in [3.63, 3.8) is 0 Å². The second-order valence-corrected chi connectivity index (χ2v) is 7.99. The van der Waals surface area contributed by atoms with E-state index in [-0.39, 0.29) is 51.8 Å². The van der Waals surface area contributed by atoms with Gasteiger partial charge in [0, 0.05) is 41.4 Å². The van der Waals surface area contributed by atoms with Crippen LogP contribution in [0.25, 0.3) is 11.4 Å². The van der Waals surface area contributed by atoms with Crippen molar-refractivity contribution in [2.45, 2.75) is 32.1 Å². The predicted octanol–water partition coefficient (Wildman–Crippen LogP) is 4.92. The van der Waals surface area contributed by atoms with E-state index in [4.69, 9.17) is 15.9 Å². The zero-order valence-electron chi connectivity index (χ0n) is 18.7. The fraction of sp³-hybridized carbons (Fsp3) is 0.261. The SMILES string of the molecule is C[C@H]1Oc2cc(cnc2N)/C(NCC(F)F)=C(/C=N)Cc2cc(C(F)(F)F)nn2-c2ccc(F)cc21. The van der Waals surface area contributed by atoms with Crippen molar-refractivity contribution in [1.29, 1.82) is 5.41 Å². The molecule has 2 aromatic heterocycles. The van der Waals surface area contributed by atoms with Crippen LogP contribution in [0, 0.1) is 11.2 Å². The molecule has 13 heteroatoms. The average molecular weight is 510 g/mol. The largest absolute Gasteiger partial charge is 0.482 e. The summed E-state index contributed by atoms with van der Waals surface area (Å²) in [5, 5.41) is 14.2. The first-order chi connectivity index (χ1) is 17.0. The van der Waals surface area contributed by atoms with Crippen molar-refractivity contribution in [2.75, 3.05) is 12.3 Å². The molecule has 4 N–H and O–H groups in total. The molecular formula is C23H20F6N6O. The molecule has 3 aromatic rings. The van der Waals surface area contributed by atoms with Crippen LogP contribution in [0.4, 0.5) is 32.2 Å². The topological polar surface area (TPSA) is 102 Å². The number of hydrogen-bond acceptors (Lipinski definition) is 6. The molecular weight excluding hydrogens is 490 g/mol. The van der Waals surface area contributed by atoms with E-state index in [2.05, 4.69) is 15.4 Å². The molecule has 0 spiro atoms. The smallest absolute Gasteiger partial charge is 0.435 e. The maximum absolute atomic E-state index is 14.2. The van der Waals surface area contributed by atoms with Crippen LogP contribution in [-0.4, -0.2) is 33.9 Å². The Morgan fingerprint density at radius 3 is 2.69 bits per heavy atom. The predicted molar refractivity (Wildman–Crippen MR) is 120 cm³/mol. The number of halogens is 6. The number of nitrogens with zero attached hydrogens (tertiary/aromatic N) is 3. The minimum Gasteiger partial charge on any atom is -0.482 e. The number of allylic oxidation sites excluding steroid dienone is 1. The minimum atomic E-state index is -4.80.